The van der Waals surface area contributed by atoms with E-state index in [9.17, 15) is 18.0 Å². The fraction of sp³-hybridized carbons (Fsp3) is 0.875. The third-order valence-corrected chi connectivity index (χ3v) is 4.74. The van der Waals surface area contributed by atoms with E-state index in [0.717, 1.165) is 19.3 Å². The van der Waals surface area contributed by atoms with Crippen LogP contribution in [0.4, 0.5) is 0 Å². The van der Waals surface area contributed by atoms with E-state index in [1.54, 1.807) is 0 Å². The van der Waals surface area contributed by atoms with E-state index in [4.69, 9.17) is 5.11 Å². The number of hydrogen-bond acceptors (Lipinski definition) is 5. The van der Waals surface area contributed by atoms with Gasteiger partial charge in [-0.15, -0.1) is 0 Å². The number of rotatable bonds is 15. The van der Waals surface area contributed by atoms with Crippen molar-refractivity contribution in [3.05, 3.63) is 0 Å². The van der Waals surface area contributed by atoms with Gasteiger partial charge in [-0.2, -0.15) is 8.42 Å². The summed E-state index contributed by atoms with van der Waals surface area (Å²) in [5.74, 6) is -2.35. The van der Waals surface area contributed by atoms with Crippen molar-refractivity contribution in [2.24, 2.45) is 0 Å². The van der Waals surface area contributed by atoms with Gasteiger partial charge in [-0.1, -0.05) is 64.7 Å². The first-order valence-corrected chi connectivity index (χ1v) is 10.1. The highest BCUT2D eigenvalue weighted by molar-refractivity contribution is 7.87. The summed E-state index contributed by atoms with van der Waals surface area (Å²) < 4.78 is 27.4. The molecule has 23 heavy (non-hydrogen) atoms. The van der Waals surface area contributed by atoms with Gasteiger partial charge in [0.15, 0.2) is 0 Å². The maximum atomic E-state index is 11.5. The van der Waals surface area contributed by atoms with Crippen molar-refractivity contribution in [3.63, 3.8) is 0 Å². The van der Waals surface area contributed by atoms with Crippen LogP contribution in [0.3, 0.4) is 0 Å². The maximum Gasteiger partial charge on any atom is 0.322 e. The molecule has 0 saturated heterocycles. The van der Waals surface area contributed by atoms with E-state index in [-0.39, 0.29) is 5.75 Å². The highest BCUT2D eigenvalue weighted by Crippen LogP contribution is 2.11. The van der Waals surface area contributed by atoms with Crippen LogP contribution in [0.5, 0.6) is 0 Å². The van der Waals surface area contributed by atoms with Crippen molar-refractivity contribution in [2.45, 2.75) is 84.0 Å². The molecule has 0 heterocycles. The van der Waals surface area contributed by atoms with Gasteiger partial charge in [-0.05, 0) is 6.42 Å². The van der Waals surface area contributed by atoms with Crippen LogP contribution in [0.2, 0.25) is 0 Å². The highest BCUT2D eigenvalue weighted by Gasteiger charge is 2.17. The Bertz CT molecular complexity index is 430. The second kappa shape index (κ2) is 13.3. The van der Waals surface area contributed by atoms with Gasteiger partial charge in [0, 0.05) is 0 Å². The van der Waals surface area contributed by atoms with Crippen molar-refractivity contribution in [1.82, 2.24) is 0 Å². The number of carboxylic acid groups (broad SMARTS) is 1. The molecule has 0 aromatic heterocycles. The van der Waals surface area contributed by atoms with Gasteiger partial charge in [-0.3, -0.25) is 9.59 Å². The maximum absolute atomic E-state index is 11.5. The number of hydrogen-bond donors (Lipinski definition) is 1. The van der Waals surface area contributed by atoms with Crippen LogP contribution in [-0.2, 0) is 23.9 Å². The van der Waals surface area contributed by atoms with E-state index in [0.29, 0.717) is 6.42 Å². The topological polar surface area (TPSA) is 97.7 Å². The van der Waals surface area contributed by atoms with Gasteiger partial charge < -0.3 is 9.29 Å². The zero-order valence-electron chi connectivity index (χ0n) is 14.1. The molecule has 0 aliphatic rings. The predicted molar refractivity (Wildman–Crippen MR) is 88.6 cm³/mol. The zero-order chi connectivity index (χ0) is 17.6. The molecule has 6 nitrogen and oxygen atoms in total. The SMILES string of the molecule is CCCCCCCCCCCCS(=O)(=O)OC(=O)CCC(=O)O. The van der Waals surface area contributed by atoms with Gasteiger partial charge in [-0.25, -0.2) is 0 Å². The van der Waals surface area contributed by atoms with E-state index < -0.39 is 34.9 Å². The zero-order valence-corrected chi connectivity index (χ0v) is 14.9. The lowest BCUT2D eigenvalue weighted by molar-refractivity contribution is -0.142. The Hall–Kier alpha value is -1.11. The Morgan fingerprint density at radius 2 is 1.30 bits per heavy atom. The average Bonchev–Trinajstić information content (AvgIpc) is 2.46. The van der Waals surface area contributed by atoms with Gasteiger partial charge in [0.25, 0.3) is 0 Å². The van der Waals surface area contributed by atoms with Gasteiger partial charge in [0.05, 0.1) is 18.6 Å². The average molecular weight is 350 g/mol. The second-order valence-corrected chi connectivity index (χ2v) is 7.48. The summed E-state index contributed by atoms with van der Waals surface area (Å²) in [6, 6.07) is 0. The van der Waals surface area contributed by atoms with Crippen molar-refractivity contribution < 1.29 is 27.3 Å². The standard InChI is InChI=1S/C16H30O6S/c1-2-3-4-5-6-7-8-9-10-11-14-23(20,21)22-16(19)13-12-15(17)18/h2-14H2,1H3,(H,17,18). The quantitative estimate of drug-likeness (QED) is 0.358. The van der Waals surface area contributed by atoms with Crippen LogP contribution in [0.15, 0.2) is 0 Å². The molecule has 0 fully saturated rings. The van der Waals surface area contributed by atoms with Crippen LogP contribution in [0.1, 0.15) is 84.0 Å². The van der Waals surface area contributed by atoms with Crippen LogP contribution in [0, 0.1) is 0 Å². The minimum Gasteiger partial charge on any atom is -0.481 e. The predicted octanol–water partition coefficient (Wildman–Crippen LogP) is 3.65. The molecular formula is C16H30O6S. The van der Waals surface area contributed by atoms with Crippen molar-refractivity contribution in [2.75, 3.05) is 5.75 Å². The Kier molecular flexibility index (Phi) is 12.7. The smallest absolute Gasteiger partial charge is 0.322 e. The third kappa shape index (κ3) is 15.6. The molecule has 0 unspecified atom stereocenters. The van der Waals surface area contributed by atoms with Gasteiger partial charge in [0.1, 0.15) is 0 Å². The molecule has 0 radical (unpaired) electrons. The van der Waals surface area contributed by atoms with E-state index >= 15 is 0 Å². The molecule has 0 aliphatic heterocycles. The summed E-state index contributed by atoms with van der Waals surface area (Å²) in [4.78, 5) is 21.5. The Labute approximate surface area is 139 Å². The lowest BCUT2D eigenvalue weighted by atomic mass is 10.1. The monoisotopic (exact) mass is 350 g/mol. The Morgan fingerprint density at radius 1 is 0.826 bits per heavy atom. The van der Waals surface area contributed by atoms with E-state index in [1.807, 2.05) is 0 Å². The fourth-order valence-corrected chi connectivity index (χ4v) is 3.21. The minimum absolute atomic E-state index is 0.192. The molecule has 0 aliphatic carbocycles. The molecule has 1 N–H and O–H groups in total. The normalized spacial score (nSPS) is 11.3. The number of carboxylic acids is 1. The summed E-state index contributed by atoms with van der Waals surface area (Å²) >= 11 is 0. The first-order chi connectivity index (χ1) is 10.9. The molecule has 0 bridgehead atoms. The molecule has 0 rings (SSSR count). The number of carbonyl (C=O) groups is 2. The molecule has 0 spiro atoms. The van der Waals surface area contributed by atoms with Gasteiger partial charge >= 0.3 is 22.1 Å². The molecule has 0 saturated carbocycles. The number of carbonyl (C=O) groups excluding carboxylic acids is 1. The van der Waals surface area contributed by atoms with Crippen molar-refractivity contribution >= 4 is 22.1 Å². The van der Waals surface area contributed by atoms with Crippen LogP contribution < -0.4 is 0 Å². The van der Waals surface area contributed by atoms with Gasteiger partial charge in [0.2, 0.25) is 0 Å². The van der Waals surface area contributed by atoms with E-state index in [1.165, 1.54) is 38.5 Å². The molecule has 7 heteroatoms. The molecule has 0 aromatic rings. The van der Waals surface area contributed by atoms with Crippen LogP contribution in [-0.4, -0.2) is 31.2 Å². The lowest BCUT2D eigenvalue weighted by Gasteiger charge is -2.05. The largest absolute Gasteiger partial charge is 0.481 e. The van der Waals surface area contributed by atoms with Crippen LogP contribution in [0.25, 0.3) is 0 Å². The summed E-state index contributed by atoms with van der Waals surface area (Å²) in [6.45, 7) is 2.19. The third-order valence-electron chi connectivity index (χ3n) is 3.51. The van der Waals surface area contributed by atoms with E-state index in [2.05, 4.69) is 11.1 Å². The lowest BCUT2D eigenvalue weighted by Crippen LogP contribution is -2.17. The fourth-order valence-electron chi connectivity index (χ4n) is 2.20. The molecule has 0 aromatic carbocycles. The van der Waals surface area contributed by atoms with Crippen LogP contribution >= 0.6 is 0 Å². The minimum atomic E-state index is -3.88. The molecular weight excluding hydrogens is 320 g/mol. The Morgan fingerprint density at radius 3 is 1.78 bits per heavy atom. The molecule has 0 amide bonds. The van der Waals surface area contributed by atoms with Crippen molar-refractivity contribution in [1.29, 1.82) is 0 Å². The number of unbranched alkanes of at least 4 members (excludes halogenated alkanes) is 9. The first kappa shape index (κ1) is 21.9. The summed E-state index contributed by atoms with van der Waals surface area (Å²) in [7, 11) is -3.88. The highest BCUT2D eigenvalue weighted by atomic mass is 32.2. The Balaban J connectivity index is 3.59. The summed E-state index contributed by atoms with van der Waals surface area (Å²) in [6.07, 6.45) is 10.0. The molecule has 0 atom stereocenters. The second-order valence-electron chi connectivity index (χ2n) is 5.79. The van der Waals surface area contributed by atoms with Crippen molar-refractivity contribution in [3.8, 4) is 0 Å². The first-order valence-electron chi connectivity index (χ1n) is 8.54. The summed E-state index contributed by atoms with van der Waals surface area (Å²) in [5.41, 5.74) is 0. The molecule has 136 valence electrons. The number of aliphatic carboxylic acids is 1. The summed E-state index contributed by atoms with van der Waals surface area (Å²) in [5, 5.41) is 8.41.